The van der Waals surface area contributed by atoms with Gasteiger partial charge in [-0.05, 0) is 35.1 Å². The van der Waals surface area contributed by atoms with Crippen LogP contribution in [0.15, 0.2) is 48.5 Å². The van der Waals surface area contributed by atoms with Crippen LogP contribution in [-0.4, -0.2) is 51.8 Å². The van der Waals surface area contributed by atoms with Crippen LogP contribution in [0.5, 0.6) is 0 Å². The van der Waals surface area contributed by atoms with Crippen LogP contribution in [0.3, 0.4) is 0 Å². The Morgan fingerprint density at radius 2 is 1.08 bits per heavy atom. The first kappa shape index (κ1) is 28.7. The zero-order chi connectivity index (χ0) is 25.8. The van der Waals surface area contributed by atoms with Crippen molar-refractivity contribution in [2.75, 3.05) is 39.6 Å². The summed E-state index contributed by atoms with van der Waals surface area (Å²) >= 11 is 0. The molecule has 0 saturated carbocycles. The second kappa shape index (κ2) is 17.8. The predicted octanol–water partition coefficient (Wildman–Crippen LogP) is 4.00. The molecule has 36 heavy (non-hydrogen) atoms. The maximum atomic E-state index is 11.7. The van der Waals surface area contributed by atoms with Gasteiger partial charge in [-0.1, -0.05) is 74.2 Å². The van der Waals surface area contributed by atoms with E-state index in [1.54, 1.807) is 0 Å². The lowest BCUT2D eigenvalue weighted by Gasteiger charge is -2.08. The van der Waals surface area contributed by atoms with Crippen molar-refractivity contribution in [2.24, 2.45) is 0 Å². The smallest absolute Gasteiger partial charge is 0.407 e. The number of alkyl carbamates (subject to hydrolysis) is 2. The number of carbonyl (C=O) groups is 2. The molecule has 194 valence electrons. The maximum Gasteiger partial charge on any atom is 0.407 e. The third-order valence-electron chi connectivity index (χ3n) is 5.07. The summed E-state index contributed by atoms with van der Waals surface area (Å²) < 4.78 is 20.7. The zero-order valence-electron chi connectivity index (χ0n) is 21.1. The minimum absolute atomic E-state index is 0.141. The van der Waals surface area contributed by atoms with Gasteiger partial charge in [0, 0.05) is 13.1 Å². The van der Waals surface area contributed by atoms with Crippen LogP contribution in [0.2, 0.25) is 0 Å². The molecule has 2 aromatic carbocycles. The fourth-order valence-corrected chi connectivity index (χ4v) is 3.10. The summed E-state index contributed by atoms with van der Waals surface area (Å²) in [5.74, 6) is 5.61. The van der Waals surface area contributed by atoms with Crippen LogP contribution >= 0.6 is 0 Å². The molecular formula is C28H36N2O6. The lowest BCUT2D eigenvalue weighted by atomic mass is 10.1. The first-order valence-corrected chi connectivity index (χ1v) is 12.2. The molecule has 2 N–H and O–H groups in total. The van der Waals surface area contributed by atoms with Crippen LogP contribution in [0.25, 0.3) is 0 Å². The Kier molecular flexibility index (Phi) is 14.2. The Morgan fingerprint density at radius 3 is 1.50 bits per heavy atom. The predicted molar refractivity (Wildman–Crippen MR) is 137 cm³/mol. The summed E-state index contributed by atoms with van der Waals surface area (Å²) in [4.78, 5) is 23.5. The molecule has 0 bridgehead atoms. The molecule has 8 nitrogen and oxygen atoms in total. The van der Waals surface area contributed by atoms with Crippen molar-refractivity contribution in [3.05, 3.63) is 70.8 Å². The molecule has 0 aliphatic rings. The van der Waals surface area contributed by atoms with Gasteiger partial charge in [-0.15, -0.1) is 0 Å². The molecule has 0 unspecified atom stereocenters. The van der Waals surface area contributed by atoms with E-state index in [4.69, 9.17) is 18.9 Å². The van der Waals surface area contributed by atoms with Gasteiger partial charge in [0.25, 0.3) is 0 Å². The van der Waals surface area contributed by atoms with Gasteiger partial charge in [0.1, 0.15) is 26.4 Å². The van der Waals surface area contributed by atoms with Crippen molar-refractivity contribution in [2.45, 2.75) is 39.8 Å². The van der Waals surface area contributed by atoms with E-state index in [9.17, 15) is 9.59 Å². The number of hydrogen-bond acceptors (Lipinski definition) is 6. The third-order valence-corrected chi connectivity index (χ3v) is 5.07. The Labute approximate surface area is 213 Å². The van der Waals surface area contributed by atoms with Crippen molar-refractivity contribution in [3.8, 4) is 11.8 Å². The molecule has 0 heterocycles. The van der Waals surface area contributed by atoms with Gasteiger partial charge in [0.2, 0.25) is 0 Å². The lowest BCUT2D eigenvalue weighted by Crippen LogP contribution is -2.25. The van der Waals surface area contributed by atoms with E-state index in [-0.39, 0.29) is 39.6 Å². The topological polar surface area (TPSA) is 95.1 Å². The Balaban J connectivity index is 1.40. The summed E-state index contributed by atoms with van der Waals surface area (Å²) in [7, 11) is 0. The number of carbonyl (C=O) groups excluding carboxylic acids is 2. The molecule has 0 spiro atoms. The number of hydrogen-bond donors (Lipinski definition) is 2. The Hall–Kier alpha value is -3.54. The molecule has 2 rings (SSSR count). The fraction of sp³-hybridized carbons (Fsp3) is 0.429. The molecule has 0 atom stereocenters. The van der Waals surface area contributed by atoms with Gasteiger partial charge >= 0.3 is 12.2 Å². The van der Waals surface area contributed by atoms with Gasteiger partial charge in [0.15, 0.2) is 0 Å². The summed E-state index contributed by atoms with van der Waals surface area (Å²) in [5.41, 5.74) is 4.51. The van der Waals surface area contributed by atoms with Crippen LogP contribution in [0, 0.1) is 11.8 Å². The molecule has 0 aliphatic heterocycles. The number of amides is 2. The largest absolute Gasteiger partial charge is 0.447 e. The van der Waals surface area contributed by atoms with E-state index < -0.39 is 12.2 Å². The molecule has 0 saturated heterocycles. The van der Waals surface area contributed by atoms with Crippen molar-refractivity contribution in [1.29, 1.82) is 0 Å². The molecule has 8 heteroatoms. The average molecular weight is 497 g/mol. The van der Waals surface area contributed by atoms with Crippen molar-refractivity contribution in [1.82, 2.24) is 10.6 Å². The number of aryl methyl sites for hydroxylation is 2. The molecule has 0 fully saturated rings. The molecule has 2 amide bonds. The molecule has 0 aromatic heterocycles. The summed E-state index contributed by atoms with van der Waals surface area (Å²) in [6, 6.07) is 16.1. The zero-order valence-corrected chi connectivity index (χ0v) is 21.1. The number of rotatable bonds is 14. The highest BCUT2D eigenvalue weighted by molar-refractivity contribution is 5.67. The summed E-state index contributed by atoms with van der Waals surface area (Å²) in [6.07, 6.45) is 0.934. The minimum atomic E-state index is -0.485. The van der Waals surface area contributed by atoms with Gasteiger partial charge in [-0.2, -0.15) is 0 Å². The van der Waals surface area contributed by atoms with E-state index in [1.165, 1.54) is 11.1 Å². The van der Waals surface area contributed by atoms with E-state index >= 15 is 0 Å². The van der Waals surface area contributed by atoms with E-state index in [0.717, 1.165) is 24.0 Å². The van der Waals surface area contributed by atoms with Gasteiger partial charge in [0.05, 0.1) is 13.2 Å². The van der Waals surface area contributed by atoms with E-state index in [1.807, 2.05) is 24.3 Å². The maximum absolute atomic E-state index is 11.7. The second-order valence-electron chi connectivity index (χ2n) is 7.78. The highest BCUT2D eigenvalue weighted by Gasteiger charge is 2.03. The number of nitrogens with one attached hydrogen (secondary N) is 2. The molecule has 0 radical (unpaired) electrons. The SMILES string of the molecule is CCc1cccc(CNC(=O)OCCOCC#CCOCCOC(=O)NCc2cccc(CC)c2)c1. The van der Waals surface area contributed by atoms with E-state index in [0.29, 0.717) is 13.1 Å². The van der Waals surface area contributed by atoms with E-state index in [2.05, 4.69) is 60.6 Å². The highest BCUT2D eigenvalue weighted by Crippen LogP contribution is 2.06. The van der Waals surface area contributed by atoms with Crippen LogP contribution in [0.1, 0.15) is 36.1 Å². The quantitative estimate of drug-likeness (QED) is 0.303. The summed E-state index contributed by atoms with van der Waals surface area (Å²) in [6.45, 7) is 6.21. The summed E-state index contributed by atoms with van der Waals surface area (Å²) in [5, 5.41) is 5.43. The lowest BCUT2D eigenvalue weighted by molar-refractivity contribution is 0.0846. The Bertz CT molecular complexity index is 921. The van der Waals surface area contributed by atoms with Crippen molar-refractivity contribution >= 4 is 12.2 Å². The molecular weight excluding hydrogens is 460 g/mol. The molecule has 2 aromatic rings. The third kappa shape index (κ3) is 12.8. The molecule has 0 aliphatic carbocycles. The fourth-order valence-electron chi connectivity index (χ4n) is 3.10. The van der Waals surface area contributed by atoms with Gasteiger partial charge in [-0.25, -0.2) is 9.59 Å². The second-order valence-corrected chi connectivity index (χ2v) is 7.78. The minimum Gasteiger partial charge on any atom is -0.447 e. The number of benzene rings is 2. The van der Waals surface area contributed by atoms with Crippen molar-refractivity contribution < 1.29 is 28.5 Å². The van der Waals surface area contributed by atoms with Crippen LogP contribution < -0.4 is 10.6 Å². The average Bonchev–Trinajstić information content (AvgIpc) is 2.91. The van der Waals surface area contributed by atoms with Crippen LogP contribution in [-0.2, 0) is 44.9 Å². The first-order valence-electron chi connectivity index (χ1n) is 12.2. The first-order chi connectivity index (χ1) is 17.6. The monoisotopic (exact) mass is 496 g/mol. The highest BCUT2D eigenvalue weighted by atomic mass is 16.6. The normalized spacial score (nSPS) is 10.2. The standard InChI is InChI=1S/C28H36N2O6/c1-3-23-9-7-11-25(19-23)21-29-27(31)35-17-15-33-13-5-6-14-34-16-18-36-28(32)30-22-26-12-8-10-24(4-2)20-26/h7-12,19-20H,3-4,13-18,21-22H2,1-2H3,(H,29,31)(H,30,32). The van der Waals surface area contributed by atoms with Crippen molar-refractivity contribution in [3.63, 3.8) is 0 Å². The Morgan fingerprint density at radius 1 is 0.667 bits per heavy atom. The number of ether oxygens (including phenoxy) is 4. The van der Waals surface area contributed by atoms with Gasteiger partial charge in [-0.3, -0.25) is 0 Å². The van der Waals surface area contributed by atoms with Gasteiger partial charge < -0.3 is 29.6 Å². The van der Waals surface area contributed by atoms with Crippen LogP contribution in [0.4, 0.5) is 9.59 Å².